The minimum absolute atomic E-state index is 0.106. The van der Waals surface area contributed by atoms with Crippen molar-refractivity contribution in [1.29, 1.82) is 0 Å². The zero-order chi connectivity index (χ0) is 16.4. The summed E-state index contributed by atoms with van der Waals surface area (Å²) >= 11 is 0. The highest BCUT2D eigenvalue weighted by Gasteiger charge is 2.27. The zero-order valence-corrected chi connectivity index (χ0v) is 13.5. The first kappa shape index (κ1) is 15.7. The van der Waals surface area contributed by atoms with Crippen LogP contribution >= 0.6 is 0 Å². The third-order valence-electron chi connectivity index (χ3n) is 4.40. The van der Waals surface area contributed by atoms with Gasteiger partial charge in [0.1, 0.15) is 11.9 Å². The number of benzene rings is 1. The van der Waals surface area contributed by atoms with Crippen LogP contribution in [0.15, 0.2) is 30.3 Å². The molecule has 0 amide bonds. The van der Waals surface area contributed by atoms with Gasteiger partial charge >= 0.3 is 5.97 Å². The lowest BCUT2D eigenvalue weighted by atomic mass is 10.0. The van der Waals surface area contributed by atoms with E-state index >= 15 is 0 Å². The molecule has 0 spiro atoms. The van der Waals surface area contributed by atoms with Gasteiger partial charge in [-0.1, -0.05) is 30.3 Å². The second-order valence-electron chi connectivity index (χ2n) is 6.12. The maximum Gasteiger partial charge on any atom is 0.308 e. The van der Waals surface area contributed by atoms with E-state index in [0.717, 1.165) is 22.8 Å². The first-order chi connectivity index (χ1) is 11.0. The molecule has 2 atom stereocenters. The molecular formula is C18H22N2O3. The minimum atomic E-state index is -0.583. The highest BCUT2D eigenvalue weighted by atomic mass is 16.5. The van der Waals surface area contributed by atoms with E-state index in [0.29, 0.717) is 19.4 Å². The van der Waals surface area contributed by atoms with Crippen LogP contribution in [0.3, 0.4) is 0 Å². The van der Waals surface area contributed by atoms with E-state index in [-0.39, 0.29) is 18.5 Å². The third-order valence-corrected chi connectivity index (χ3v) is 4.40. The molecule has 0 unspecified atom stereocenters. The van der Waals surface area contributed by atoms with Crippen molar-refractivity contribution in [2.24, 2.45) is 0 Å². The number of nitrogens with zero attached hydrogens (tertiary/aromatic N) is 2. The fourth-order valence-electron chi connectivity index (χ4n) is 3.05. The van der Waals surface area contributed by atoms with E-state index in [1.807, 2.05) is 37.3 Å². The number of ether oxygens (including phenoxy) is 1. The summed E-state index contributed by atoms with van der Waals surface area (Å²) in [6.45, 7) is 4.76. The van der Waals surface area contributed by atoms with Crippen molar-refractivity contribution in [3.63, 3.8) is 0 Å². The predicted octanol–water partition coefficient (Wildman–Crippen LogP) is 2.62. The van der Waals surface area contributed by atoms with Crippen molar-refractivity contribution < 1.29 is 14.6 Å². The molecule has 3 rings (SSSR count). The number of carbonyl (C=O) groups is 1. The molecule has 0 radical (unpaired) electrons. The van der Waals surface area contributed by atoms with Crippen LogP contribution < -0.4 is 0 Å². The predicted molar refractivity (Wildman–Crippen MR) is 86.9 cm³/mol. The maximum atomic E-state index is 11.5. The molecule has 1 saturated heterocycles. The van der Waals surface area contributed by atoms with E-state index in [4.69, 9.17) is 4.74 Å². The van der Waals surface area contributed by atoms with Crippen LogP contribution in [-0.4, -0.2) is 32.8 Å². The lowest BCUT2D eigenvalue weighted by Crippen LogP contribution is -2.33. The molecule has 2 heterocycles. The Morgan fingerprint density at radius 3 is 2.74 bits per heavy atom. The summed E-state index contributed by atoms with van der Waals surface area (Å²) in [4.78, 5) is 16.1. The summed E-state index contributed by atoms with van der Waals surface area (Å²) in [6, 6.07) is 10.1. The van der Waals surface area contributed by atoms with Crippen molar-refractivity contribution in [2.45, 2.75) is 51.9 Å². The number of imidazole rings is 1. The molecule has 5 nitrogen and oxygen atoms in total. The van der Waals surface area contributed by atoms with Gasteiger partial charge in [0.2, 0.25) is 0 Å². The molecule has 0 saturated carbocycles. The topological polar surface area (TPSA) is 64.3 Å². The van der Waals surface area contributed by atoms with Crippen LogP contribution in [0.1, 0.15) is 30.7 Å². The van der Waals surface area contributed by atoms with Gasteiger partial charge in [-0.05, 0) is 13.8 Å². The number of cyclic esters (lactones) is 1. The molecule has 5 heteroatoms. The monoisotopic (exact) mass is 314 g/mol. The number of aryl methyl sites for hydroxylation is 1. The second kappa shape index (κ2) is 6.54. The van der Waals surface area contributed by atoms with Crippen LogP contribution in [0.25, 0.3) is 11.4 Å². The number of hydrogen-bond donors (Lipinski definition) is 1. The molecule has 1 aliphatic heterocycles. The van der Waals surface area contributed by atoms with Gasteiger partial charge < -0.3 is 14.4 Å². The molecule has 1 aliphatic rings. The smallest absolute Gasteiger partial charge is 0.308 e. The van der Waals surface area contributed by atoms with Gasteiger partial charge in [-0.3, -0.25) is 4.79 Å². The Labute approximate surface area is 135 Å². The lowest BCUT2D eigenvalue weighted by molar-refractivity contribution is -0.160. The second-order valence-corrected chi connectivity index (χ2v) is 6.12. The lowest BCUT2D eigenvalue weighted by Gasteiger charge is -2.26. The van der Waals surface area contributed by atoms with Crippen LogP contribution in [0, 0.1) is 13.8 Å². The number of aliphatic hydroxyl groups excluding tert-OH is 1. The first-order valence-corrected chi connectivity index (χ1v) is 8.01. The Balaban J connectivity index is 1.79. The molecular weight excluding hydrogens is 292 g/mol. The van der Waals surface area contributed by atoms with E-state index in [9.17, 15) is 9.90 Å². The van der Waals surface area contributed by atoms with E-state index < -0.39 is 6.10 Å². The Morgan fingerprint density at radius 1 is 1.30 bits per heavy atom. The number of aromatic nitrogens is 2. The summed E-state index contributed by atoms with van der Waals surface area (Å²) < 4.78 is 7.50. The average molecular weight is 314 g/mol. The van der Waals surface area contributed by atoms with Crippen molar-refractivity contribution in [2.75, 3.05) is 0 Å². The van der Waals surface area contributed by atoms with Gasteiger partial charge in [-0.15, -0.1) is 0 Å². The van der Waals surface area contributed by atoms with Gasteiger partial charge in [-0.25, -0.2) is 4.98 Å². The van der Waals surface area contributed by atoms with Crippen LogP contribution in [0.4, 0.5) is 0 Å². The Bertz CT molecular complexity index is 694. The summed E-state index contributed by atoms with van der Waals surface area (Å²) in [5.74, 6) is 0.624. The van der Waals surface area contributed by atoms with Crippen molar-refractivity contribution in [3.05, 3.63) is 41.7 Å². The fraction of sp³-hybridized carbons (Fsp3) is 0.444. The molecule has 2 aromatic rings. The standard InChI is InChI=1S/C18H22N2O3/c1-12-13(2)20(18(19-12)14-6-4-3-5-7-14)9-8-16-10-15(21)11-17(22)23-16/h3-7,15-16,21H,8-11H2,1-2H3/t15-,16-/m1/s1. The third kappa shape index (κ3) is 3.45. The van der Waals surface area contributed by atoms with Gasteiger partial charge in [-0.2, -0.15) is 0 Å². The highest BCUT2D eigenvalue weighted by Crippen LogP contribution is 2.24. The summed E-state index contributed by atoms with van der Waals surface area (Å²) in [7, 11) is 0. The van der Waals surface area contributed by atoms with Crippen LogP contribution in [0.2, 0.25) is 0 Å². The van der Waals surface area contributed by atoms with Crippen LogP contribution in [0.5, 0.6) is 0 Å². The largest absolute Gasteiger partial charge is 0.462 e. The van der Waals surface area contributed by atoms with Gasteiger partial charge in [0.25, 0.3) is 0 Å². The molecule has 122 valence electrons. The highest BCUT2D eigenvalue weighted by molar-refractivity contribution is 5.70. The maximum absolute atomic E-state index is 11.5. The molecule has 23 heavy (non-hydrogen) atoms. The fourth-order valence-corrected chi connectivity index (χ4v) is 3.05. The molecule has 0 aliphatic carbocycles. The van der Waals surface area contributed by atoms with E-state index in [2.05, 4.69) is 16.5 Å². The van der Waals surface area contributed by atoms with Crippen molar-refractivity contribution in [3.8, 4) is 11.4 Å². The summed E-state index contributed by atoms with van der Waals surface area (Å²) in [5.41, 5.74) is 3.19. The number of carbonyl (C=O) groups excluding carboxylic acids is 1. The van der Waals surface area contributed by atoms with E-state index in [1.165, 1.54) is 0 Å². The quantitative estimate of drug-likeness (QED) is 0.881. The van der Waals surface area contributed by atoms with Crippen molar-refractivity contribution >= 4 is 5.97 Å². The molecule has 0 bridgehead atoms. The summed E-state index contributed by atoms with van der Waals surface area (Å²) in [5, 5.41) is 9.72. The van der Waals surface area contributed by atoms with E-state index in [1.54, 1.807) is 0 Å². The number of hydrogen-bond acceptors (Lipinski definition) is 4. The van der Waals surface area contributed by atoms with Gasteiger partial charge in [0.05, 0.1) is 18.2 Å². The normalized spacial score (nSPS) is 21.3. The Morgan fingerprint density at radius 2 is 2.04 bits per heavy atom. The number of aliphatic hydroxyl groups is 1. The van der Waals surface area contributed by atoms with Crippen LogP contribution in [-0.2, 0) is 16.1 Å². The first-order valence-electron chi connectivity index (χ1n) is 8.01. The molecule has 1 aromatic heterocycles. The number of rotatable bonds is 4. The zero-order valence-electron chi connectivity index (χ0n) is 13.5. The Hall–Kier alpha value is -2.14. The minimum Gasteiger partial charge on any atom is -0.462 e. The molecule has 1 aromatic carbocycles. The molecule has 1 N–H and O–H groups in total. The van der Waals surface area contributed by atoms with Crippen molar-refractivity contribution in [1.82, 2.24) is 9.55 Å². The number of esters is 1. The van der Waals surface area contributed by atoms with Gasteiger partial charge in [0, 0.05) is 30.6 Å². The Kier molecular flexibility index (Phi) is 4.48. The SMILES string of the molecule is Cc1nc(-c2ccccc2)n(CC[C@@H]2C[C@@H](O)CC(=O)O2)c1C. The van der Waals surface area contributed by atoms with Gasteiger partial charge in [0.15, 0.2) is 0 Å². The summed E-state index contributed by atoms with van der Waals surface area (Å²) in [6.07, 6.45) is 0.491. The average Bonchev–Trinajstić information content (AvgIpc) is 2.81. The molecule has 1 fully saturated rings.